The van der Waals surface area contributed by atoms with Gasteiger partial charge in [0.1, 0.15) is 0 Å². The number of hydrogen-bond donors (Lipinski definition) is 0. The molecule has 170 valence electrons. The number of hydrogen-bond acceptors (Lipinski definition) is 5. The van der Waals surface area contributed by atoms with E-state index in [4.69, 9.17) is 9.47 Å². The number of nitrogens with zero attached hydrogens (tertiary/aromatic N) is 4. The topological polar surface area (TPSA) is 76.9 Å². The number of piperidine rings is 2. The number of aryl methyl sites for hydroxylation is 3. The van der Waals surface area contributed by atoms with E-state index in [0.717, 1.165) is 47.8 Å². The van der Waals surface area contributed by atoms with Crippen LogP contribution in [0, 0.1) is 19.8 Å². The lowest BCUT2D eigenvalue weighted by atomic mass is 9.83. The molecule has 8 nitrogen and oxygen atoms in total. The molecule has 1 aromatic heterocycles. The minimum Gasteiger partial charge on any atom is -0.454 e. The first-order chi connectivity index (χ1) is 15.5. The SMILES string of the molecule is Cc1cc(C)n(CCC(=O)N2CC[C@H]3[C@H](CCC(=O)N3Cc3ccc4c(c3)OCO4)C2)n1. The van der Waals surface area contributed by atoms with E-state index < -0.39 is 0 Å². The predicted molar refractivity (Wildman–Crippen MR) is 117 cm³/mol. The van der Waals surface area contributed by atoms with Crippen LogP contribution in [0.2, 0.25) is 0 Å². The van der Waals surface area contributed by atoms with Gasteiger partial charge in [-0.3, -0.25) is 14.3 Å². The fraction of sp³-hybridized carbons (Fsp3) is 0.542. The second-order valence-corrected chi connectivity index (χ2v) is 9.10. The summed E-state index contributed by atoms with van der Waals surface area (Å²) in [5.41, 5.74) is 3.11. The van der Waals surface area contributed by atoms with E-state index in [1.807, 2.05) is 52.6 Å². The van der Waals surface area contributed by atoms with Crippen molar-refractivity contribution in [2.24, 2.45) is 5.92 Å². The third-order valence-corrected chi connectivity index (χ3v) is 6.93. The molecule has 2 atom stereocenters. The molecule has 0 spiro atoms. The minimum atomic E-state index is 0.176. The first kappa shape index (κ1) is 20.8. The number of carbonyl (C=O) groups is 2. The highest BCUT2D eigenvalue weighted by Crippen LogP contribution is 2.36. The molecule has 8 heteroatoms. The molecule has 0 saturated carbocycles. The van der Waals surface area contributed by atoms with Crippen LogP contribution in [0.15, 0.2) is 24.3 Å². The van der Waals surface area contributed by atoms with Crippen LogP contribution in [-0.4, -0.2) is 57.3 Å². The summed E-state index contributed by atoms with van der Waals surface area (Å²) in [5.74, 6) is 2.20. The number of ether oxygens (including phenoxy) is 2. The number of carbonyl (C=O) groups excluding carboxylic acids is 2. The molecule has 4 heterocycles. The molecule has 0 aliphatic carbocycles. The number of fused-ring (bicyclic) bond motifs is 2. The molecule has 2 fully saturated rings. The maximum atomic E-state index is 12.9. The Morgan fingerprint density at radius 1 is 1.16 bits per heavy atom. The second-order valence-electron chi connectivity index (χ2n) is 9.10. The summed E-state index contributed by atoms with van der Waals surface area (Å²) in [6.45, 7) is 6.84. The van der Waals surface area contributed by atoms with Gasteiger partial charge in [0.05, 0.1) is 5.69 Å². The first-order valence-electron chi connectivity index (χ1n) is 11.4. The van der Waals surface area contributed by atoms with Crippen molar-refractivity contribution in [3.05, 3.63) is 41.2 Å². The van der Waals surface area contributed by atoms with Gasteiger partial charge in [-0.2, -0.15) is 5.10 Å². The van der Waals surface area contributed by atoms with E-state index in [2.05, 4.69) is 5.10 Å². The molecule has 2 aromatic rings. The van der Waals surface area contributed by atoms with Crippen molar-refractivity contribution in [3.8, 4) is 11.5 Å². The zero-order chi connectivity index (χ0) is 22.2. The van der Waals surface area contributed by atoms with E-state index in [0.29, 0.717) is 38.4 Å². The highest BCUT2D eigenvalue weighted by Gasteiger charge is 2.40. The number of benzene rings is 1. The van der Waals surface area contributed by atoms with E-state index in [9.17, 15) is 9.59 Å². The Morgan fingerprint density at radius 2 is 2.00 bits per heavy atom. The van der Waals surface area contributed by atoms with E-state index in [-0.39, 0.29) is 24.6 Å². The Hall–Kier alpha value is -3.03. The fourth-order valence-corrected chi connectivity index (χ4v) is 5.28. The normalized spacial score (nSPS) is 22.2. The molecule has 2 saturated heterocycles. The van der Waals surface area contributed by atoms with Crippen molar-refractivity contribution < 1.29 is 19.1 Å². The van der Waals surface area contributed by atoms with Gasteiger partial charge in [0.15, 0.2) is 11.5 Å². The molecule has 1 aromatic carbocycles. The van der Waals surface area contributed by atoms with Crippen LogP contribution in [0.4, 0.5) is 0 Å². The molecule has 3 aliphatic heterocycles. The van der Waals surface area contributed by atoms with Gasteiger partial charge >= 0.3 is 0 Å². The Morgan fingerprint density at radius 3 is 2.81 bits per heavy atom. The van der Waals surface area contributed by atoms with Gasteiger partial charge in [0, 0.05) is 50.8 Å². The molecule has 0 bridgehead atoms. The van der Waals surface area contributed by atoms with Crippen LogP contribution >= 0.6 is 0 Å². The van der Waals surface area contributed by atoms with E-state index in [1.54, 1.807) is 0 Å². The molecular formula is C24H30N4O4. The standard InChI is InChI=1S/C24H30N4O4/c1-16-11-17(2)28(25-16)10-8-23(29)26-9-7-20-19(14-26)4-6-24(30)27(20)13-18-3-5-21-22(12-18)32-15-31-21/h3,5,11-12,19-20H,4,6-10,13-15H2,1-2H3/t19-,20+/m1/s1. The Kier molecular flexibility index (Phi) is 5.53. The Bertz CT molecular complexity index is 1030. The first-order valence-corrected chi connectivity index (χ1v) is 11.4. The lowest BCUT2D eigenvalue weighted by molar-refractivity contribution is -0.145. The molecule has 2 amide bonds. The third-order valence-electron chi connectivity index (χ3n) is 6.93. The van der Waals surface area contributed by atoms with Crippen molar-refractivity contribution in [2.45, 2.75) is 58.7 Å². The maximum absolute atomic E-state index is 12.9. The monoisotopic (exact) mass is 438 g/mol. The molecular weight excluding hydrogens is 408 g/mol. The van der Waals surface area contributed by atoms with Gasteiger partial charge < -0.3 is 19.3 Å². The molecule has 0 N–H and O–H groups in total. The quantitative estimate of drug-likeness (QED) is 0.717. The van der Waals surface area contributed by atoms with Crippen molar-refractivity contribution in [3.63, 3.8) is 0 Å². The molecule has 0 unspecified atom stereocenters. The molecule has 3 aliphatic rings. The summed E-state index contributed by atoms with van der Waals surface area (Å²) in [7, 11) is 0. The van der Waals surface area contributed by atoms with Gasteiger partial charge in [-0.1, -0.05) is 6.07 Å². The van der Waals surface area contributed by atoms with E-state index >= 15 is 0 Å². The van der Waals surface area contributed by atoms with Crippen LogP contribution in [-0.2, 0) is 22.7 Å². The zero-order valence-electron chi connectivity index (χ0n) is 18.7. The average Bonchev–Trinajstić information content (AvgIpc) is 3.38. The summed E-state index contributed by atoms with van der Waals surface area (Å²) < 4.78 is 12.8. The lowest BCUT2D eigenvalue weighted by Crippen LogP contribution is -2.56. The van der Waals surface area contributed by atoms with Gasteiger partial charge in [0.2, 0.25) is 18.6 Å². The largest absolute Gasteiger partial charge is 0.454 e. The van der Waals surface area contributed by atoms with Crippen LogP contribution in [0.1, 0.15) is 42.6 Å². The number of amides is 2. The fourth-order valence-electron chi connectivity index (χ4n) is 5.28. The van der Waals surface area contributed by atoms with Gasteiger partial charge in [-0.25, -0.2) is 0 Å². The molecule has 0 radical (unpaired) electrons. The van der Waals surface area contributed by atoms with Crippen LogP contribution in [0.25, 0.3) is 0 Å². The van der Waals surface area contributed by atoms with Crippen molar-refractivity contribution in [1.29, 1.82) is 0 Å². The Labute approximate surface area is 188 Å². The average molecular weight is 439 g/mol. The number of likely N-dealkylation sites (tertiary alicyclic amines) is 2. The third kappa shape index (κ3) is 4.06. The summed E-state index contributed by atoms with van der Waals surface area (Å²) in [4.78, 5) is 29.7. The maximum Gasteiger partial charge on any atom is 0.231 e. The van der Waals surface area contributed by atoms with Gasteiger partial charge in [-0.05, 0) is 56.4 Å². The predicted octanol–water partition coefficient (Wildman–Crippen LogP) is 2.66. The smallest absolute Gasteiger partial charge is 0.231 e. The van der Waals surface area contributed by atoms with Gasteiger partial charge in [-0.15, -0.1) is 0 Å². The number of aromatic nitrogens is 2. The summed E-state index contributed by atoms with van der Waals surface area (Å²) >= 11 is 0. The van der Waals surface area contributed by atoms with Crippen LogP contribution < -0.4 is 9.47 Å². The lowest BCUT2D eigenvalue weighted by Gasteiger charge is -2.47. The summed E-state index contributed by atoms with van der Waals surface area (Å²) in [5, 5.41) is 4.46. The minimum absolute atomic E-state index is 0.176. The van der Waals surface area contributed by atoms with E-state index in [1.165, 1.54) is 0 Å². The van der Waals surface area contributed by atoms with Crippen LogP contribution in [0.5, 0.6) is 11.5 Å². The highest BCUT2D eigenvalue weighted by molar-refractivity contribution is 5.78. The highest BCUT2D eigenvalue weighted by atomic mass is 16.7. The van der Waals surface area contributed by atoms with Gasteiger partial charge in [0.25, 0.3) is 0 Å². The van der Waals surface area contributed by atoms with Crippen molar-refractivity contribution in [2.75, 3.05) is 19.9 Å². The summed E-state index contributed by atoms with van der Waals surface area (Å²) in [6.07, 6.45) is 2.67. The molecule has 32 heavy (non-hydrogen) atoms. The summed E-state index contributed by atoms with van der Waals surface area (Å²) in [6, 6.07) is 8.10. The van der Waals surface area contributed by atoms with Crippen molar-refractivity contribution >= 4 is 11.8 Å². The number of rotatable bonds is 5. The van der Waals surface area contributed by atoms with Crippen molar-refractivity contribution in [1.82, 2.24) is 19.6 Å². The second kappa shape index (κ2) is 8.48. The molecule has 5 rings (SSSR count). The zero-order valence-corrected chi connectivity index (χ0v) is 18.7. The van der Waals surface area contributed by atoms with Crippen LogP contribution in [0.3, 0.4) is 0 Å². The Balaban J connectivity index is 1.21.